The molecule has 1 unspecified atom stereocenters. The molecule has 2 aromatic rings. The smallest absolute Gasteiger partial charge is 0.216 e. The van der Waals surface area contributed by atoms with Gasteiger partial charge < -0.3 is 10.1 Å². The van der Waals surface area contributed by atoms with Crippen LogP contribution in [-0.2, 0) is 7.05 Å². The van der Waals surface area contributed by atoms with Crippen molar-refractivity contribution in [3.05, 3.63) is 26.8 Å². The Hall–Kier alpha value is -1.40. The second-order valence-corrected chi connectivity index (χ2v) is 6.81. The van der Waals surface area contributed by atoms with Gasteiger partial charge in [-0.2, -0.15) is 5.10 Å². The summed E-state index contributed by atoms with van der Waals surface area (Å²) >= 11 is 1.73. The van der Waals surface area contributed by atoms with Crippen molar-refractivity contribution in [1.29, 1.82) is 0 Å². The molecular formula is C15H24N4OS. The maximum absolute atomic E-state index is 5.56. The number of hydrogen-bond acceptors (Lipinski definition) is 5. The van der Waals surface area contributed by atoms with Crippen molar-refractivity contribution >= 4 is 11.3 Å². The molecule has 0 spiro atoms. The van der Waals surface area contributed by atoms with Crippen molar-refractivity contribution < 1.29 is 4.74 Å². The lowest BCUT2D eigenvalue weighted by Gasteiger charge is -2.20. The number of aromatic nitrogens is 3. The molecule has 0 radical (unpaired) electrons. The van der Waals surface area contributed by atoms with Crippen LogP contribution >= 0.6 is 11.3 Å². The molecule has 1 N–H and O–H groups in total. The molecule has 0 fully saturated rings. The zero-order valence-corrected chi connectivity index (χ0v) is 14.6. The monoisotopic (exact) mass is 308 g/mol. The first-order chi connectivity index (χ1) is 9.85. The van der Waals surface area contributed by atoms with Crippen LogP contribution in [0.3, 0.4) is 0 Å². The molecule has 0 saturated carbocycles. The standard InChI is InChI=1S/C15H24N4OS/c1-8(2)16-13(14-17-9(3)11(5)21-14)12-10(4)18-19(6)15(12)20-7/h8,13,16H,1-7H3. The summed E-state index contributed by atoms with van der Waals surface area (Å²) in [7, 11) is 3.59. The highest BCUT2D eigenvalue weighted by atomic mass is 32.1. The van der Waals surface area contributed by atoms with Crippen molar-refractivity contribution in [3.8, 4) is 5.88 Å². The van der Waals surface area contributed by atoms with E-state index >= 15 is 0 Å². The molecule has 0 aliphatic rings. The molecule has 2 aromatic heterocycles. The van der Waals surface area contributed by atoms with E-state index in [-0.39, 0.29) is 6.04 Å². The number of rotatable bonds is 5. The number of nitrogens with one attached hydrogen (secondary N) is 1. The van der Waals surface area contributed by atoms with Crippen molar-refractivity contribution in [1.82, 2.24) is 20.1 Å². The Labute approximate surface area is 130 Å². The van der Waals surface area contributed by atoms with Gasteiger partial charge in [0.05, 0.1) is 30.1 Å². The van der Waals surface area contributed by atoms with Crippen LogP contribution in [0.5, 0.6) is 5.88 Å². The largest absolute Gasteiger partial charge is 0.481 e. The van der Waals surface area contributed by atoms with Crippen LogP contribution in [0.15, 0.2) is 0 Å². The summed E-state index contributed by atoms with van der Waals surface area (Å²) in [5.74, 6) is 0.788. The fourth-order valence-electron chi connectivity index (χ4n) is 2.46. The number of nitrogens with zero attached hydrogens (tertiary/aromatic N) is 3. The van der Waals surface area contributed by atoms with Gasteiger partial charge in [0.15, 0.2) is 0 Å². The summed E-state index contributed by atoms with van der Waals surface area (Å²) < 4.78 is 7.34. The van der Waals surface area contributed by atoms with Gasteiger partial charge in [0.25, 0.3) is 0 Å². The third-order valence-corrected chi connectivity index (χ3v) is 4.63. The van der Waals surface area contributed by atoms with Crippen LogP contribution in [0.25, 0.3) is 0 Å². The third-order valence-electron chi connectivity index (χ3n) is 3.49. The maximum atomic E-state index is 5.56. The van der Waals surface area contributed by atoms with Gasteiger partial charge in [-0.3, -0.25) is 0 Å². The predicted molar refractivity (Wildman–Crippen MR) is 86.2 cm³/mol. The lowest BCUT2D eigenvalue weighted by atomic mass is 10.1. The topological polar surface area (TPSA) is 52.0 Å². The fraction of sp³-hybridized carbons (Fsp3) is 0.600. The van der Waals surface area contributed by atoms with E-state index in [2.05, 4.69) is 38.1 Å². The molecule has 0 amide bonds. The molecule has 5 nitrogen and oxygen atoms in total. The van der Waals surface area contributed by atoms with Crippen molar-refractivity contribution in [2.75, 3.05) is 7.11 Å². The van der Waals surface area contributed by atoms with Gasteiger partial charge in [0, 0.05) is 18.0 Å². The predicted octanol–water partition coefficient (Wildman–Crippen LogP) is 2.90. The van der Waals surface area contributed by atoms with Crippen molar-refractivity contribution in [3.63, 3.8) is 0 Å². The van der Waals surface area contributed by atoms with E-state index in [4.69, 9.17) is 9.72 Å². The molecule has 0 aliphatic carbocycles. The lowest BCUT2D eigenvalue weighted by molar-refractivity contribution is 0.363. The van der Waals surface area contributed by atoms with Crippen molar-refractivity contribution in [2.24, 2.45) is 7.05 Å². The van der Waals surface area contributed by atoms with Crippen LogP contribution in [0, 0.1) is 20.8 Å². The van der Waals surface area contributed by atoms with E-state index in [1.807, 2.05) is 14.0 Å². The van der Waals surface area contributed by atoms with E-state index < -0.39 is 0 Å². The number of methoxy groups -OCH3 is 1. The van der Waals surface area contributed by atoms with Crippen LogP contribution in [-0.4, -0.2) is 27.9 Å². The quantitative estimate of drug-likeness (QED) is 0.923. The molecule has 2 heterocycles. The molecule has 2 rings (SSSR count). The van der Waals surface area contributed by atoms with Gasteiger partial charge >= 0.3 is 0 Å². The highest BCUT2D eigenvalue weighted by molar-refractivity contribution is 7.11. The molecule has 6 heteroatoms. The fourth-order valence-corrected chi connectivity index (χ4v) is 3.45. The average Bonchev–Trinajstić information content (AvgIpc) is 2.86. The molecule has 0 bridgehead atoms. The minimum absolute atomic E-state index is 0.00560. The Bertz CT molecular complexity index is 610. The number of ether oxygens (including phenoxy) is 1. The van der Waals surface area contributed by atoms with Gasteiger partial charge in [0.1, 0.15) is 5.01 Å². The maximum Gasteiger partial charge on any atom is 0.216 e. The second-order valence-electron chi connectivity index (χ2n) is 5.58. The first-order valence-corrected chi connectivity index (χ1v) is 7.94. The Balaban J connectivity index is 2.55. The van der Waals surface area contributed by atoms with Gasteiger partial charge in [-0.05, 0) is 34.6 Å². The van der Waals surface area contributed by atoms with Gasteiger partial charge in [-0.15, -0.1) is 11.3 Å². The van der Waals surface area contributed by atoms with E-state index in [0.29, 0.717) is 6.04 Å². The molecule has 1 atom stereocenters. The minimum atomic E-state index is 0.00560. The van der Waals surface area contributed by atoms with Crippen molar-refractivity contribution in [2.45, 2.75) is 46.7 Å². The second kappa shape index (κ2) is 6.15. The zero-order valence-electron chi connectivity index (χ0n) is 13.8. The zero-order chi connectivity index (χ0) is 15.7. The van der Waals surface area contributed by atoms with Crippen LogP contribution in [0.4, 0.5) is 0 Å². The van der Waals surface area contributed by atoms with Gasteiger partial charge in [0.2, 0.25) is 5.88 Å². The molecule has 0 saturated heterocycles. The minimum Gasteiger partial charge on any atom is -0.481 e. The SMILES string of the molecule is COc1c(C(NC(C)C)c2nc(C)c(C)s2)c(C)nn1C. The molecular weight excluding hydrogens is 284 g/mol. The number of thiazole rings is 1. The van der Waals surface area contributed by atoms with Crippen LogP contribution in [0.1, 0.15) is 46.7 Å². The summed E-state index contributed by atoms with van der Waals surface area (Å²) in [6.45, 7) is 10.4. The number of hydrogen-bond donors (Lipinski definition) is 1. The number of aryl methyl sites for hydroxylation is 4. The molecule has 0 aromatic carbocycles. The third kappa shape index (κ3) is 3.11. The van der Waals surface area contributed by atoms with E-state index in [0.717, 1.165) is 27.8 Å². The summed E-state index contributed by atoms with van der Waals surface area (Å²) in [5, 5.41) is 9.15. The normalized spacial score (nSPS) is 13.0. The molecule has 116 valence electrons. The van der Waals surface area contributed by atoms with E-state index in [9.17, 15) is 0 Å². The van der Waals surface area contributed by atoms with Gasteiger partial charge in [-0.1, -0.05) is 0 Å². The summed E-state index contributed by atoms with van der Waals surface area (Å²) in [6, 6.07) is 0.342. The molecule has 21 heavy (non-hydrogen) atoms. The summed E-state index contributed by atoms with van der Waals surface area (Å²) in [6.07, 6.45) is 0. The van der Waals surface area contributed by atoms with E-state index in [1.165, 1.54) is 4.88 Å². The Morgan fingerprint density at radius 3 is 2.33 bits per heavy atom. The van der Waals surface area contributed by atoms with Crippen LogP contribution < -0.4 is 10.1 Å². The van der Waals surface area contributed by atoms with Gasteiger partial charge in [-0.25, -0.2) is 9.67 Å². The summed E-state index contributed by atoms with van der Waals surface area (Å²) in [5.41, 5.74) is 3.13. The Kier molecular flexibility index (Phi) is 4.68. The Morgan fingerprint density at radius 1 is 1.19 bits per heavy atom. The highest BCUT2D eigenvalue weighted by Gasteiger charge is 2.28. The highest BCUT2D eigenvalue weighted by Crippen LogP contribution is 2.35. The molecule has 0 aliphatic heterocycles. The Morgan fingerprint density at radius 2 is 1.86 bits per heavy atom. The first-order valence-electron chi connectivity index (χ1n) is 7.12. The summed E-state index contributed by atoms with van der Waals surface area (Å²) in [4.78, 5) is 5.98. The lowest BCUT2D eigenvalue weighted by Crippen LogP contribution is -2.29. The first kappa shape index (κ1) is 16.0. The average molecular weight is 308 g/mol. The van der Waals surface area contributed by atoms with Crippen LogP contribution in [0.2, 0.25) is 0 Å². The van der Waals surface area contributed by atoms with E-state index in [1.54, 1.807) is 23.1 Å².